The molecule has 0 spiro atoms. The van der Waals surface area contributed by atoms with Crippen LogP contribution in [0.25, 0.3) is 0 Å². The number of carbonyl (C=O) groups is 1. The summed E-state index contributed by atoms with van der Waals surface area (Å²) in [5.41, 5.74) is 1.13. The SMILES string of the molecule is CN(C)C(=O)CN(Cc1ccccc1)CC(O)c1cccs1. The Morgan fingerprint density at radius 3 is 2.50 bits per heavy atom. The zero-order valence-electron chi connectivity index (χ0n) is 13.0. The number of likely N-dealkylation sites (N-methyl/N-ethyl adjacent to an activating group) is 1. The number of hydrogen-bond acceptors (Lipinski definition) is 4. The van der Waals surface area contributed by atoms with Gasteiger partial charge in [0.25, 0.3) is 0 Å². The van der Waals surface area contributed by atoms with Crippen LogP contribution in [0.3, 0.4) is 0 Å². The van der Waals surface area contributed by atoms with E-state index in [2.05, 4.69) is 0 Å². The lowest BCUT2D eigenvalue weighted by Crippen LogP contribution is -2.38. The van der Waals surface area contributed by atoms with E-state index in [4.69, 9.17) is 0 Å². The highest BCUT2D eigenvalue weighted by atomic mass is 32.1. The molecule has 1 amide bonds. The molecule has 0 aliphatic heterocycles. The van der Waals surface area contributed by atoms with Crippen molar-refractivity contribution in [3.63, 3.8) is 0 Å². The van der Waals surface area contributed by atoms with Crippen molar-refractivity contribution >= 4 is 17.2 Å². The van der Waals surface area contributed by atoms with Gasteiger partial charge in [0, 0.05) is 32.1 Å². The molecule has 0 fully saturated rings. The first kappa shape index (κ1) is 16.7. The molecule has 1 atom stereocenters. The fourth-order valence-corrected chi connectivity index (χ4v) is 2.88. The lowest BCUT2D eigenvalue weighted by molar-refractivity contribution is -0.130. The molecule has 4 nitrogen and oxygen atoms in total. The van der Waals surface area contributed by atoms with E-state index in [0.717, 1.165) is 10.4 Å². The molecular formula is C17H22N2O2S. The van der Waals surface area contributed by atoms with Crippen LogP contribution in [0.4, 0.5) is 0 Å². The number of aliphatic hydroxyl groups is 1. The van der Waals surface area contributed by atoms with Gasteiger partial charge in [0.1, 0.15) is 6.10 Å². The first-order valence-electron chi connectivity index (χ1n) is 7.24. The molecular weight excluding hydrogens is 296 g/mol. The molecule has 2 aromatic rings. The Hall–Kier alpha value is -1.69. The molecule has 1 aromatic heterocycles. The van der Waals surface area contributed by atoms with Gasteiger partial charge in [-0.05, 0) is 17.0 Å². The lowest BCUT2D eigenvalue weighted by Gasteiger charge is -2.25. The molecule has 1 N–H and O–H groups in total. The van der Waals surface area contributed by atoms with Crippen LogP contribution < -0.4 is 0 Å². The predicted octanol–water partition coefficient (Wildman–Crippen LogP) is 2.37. The van der Waals surface area contributed by atoms with Gasteiger partial charge in [0.2, 0.25) is 5.91 Å². The number of aliphatic hydroxyl groups excluding tert-OH is 1. The average molecular weight is 318 g/mol. The number of carbonyl (C=O) groups excluding carboxylic acids is 1. The van der Waals surface area contributed by atoms with Gasteiger partial charge in [0.05, 0.1) is 6.54 Å². The van der Waals surface area contributed by atoms with Crippen molar-refractivity contribution < 1.29 is 9.90 Å². The molecule has 0 radical (unpaired) electrons. The van der Waals surface area contributed by atoms with Crippen LogP contribution >= 0.6 is 11.3 Å². The zero-order valence-corrected chi connectivity index (χ0v) is 13.8. The number of hydrogen-bond donors (Lipinski definition) is 1. The number of nitrogens with zero attached hydrogens (tertiary/aromatic N) is 2. The molecule has 2 rings (SSSR count). The Morgan fingerprint density at radius 1 is 1.18 bits per heavy atom. The summed E-state index contributed by atoms with van der Waals surface area (Å²) in [5, 5.41) is 12.3. The van der Waals surface area contributed by atoms with Crippen LogP contribution in [0.5, 0.6) is 0 Å². The molecule has 22 heavy (non-hydrogen) atoms. The third-order valence-corrected chi connectivity index (χ3v) is 4.38. The van der Waals surface area contributed by atoms with Crippen LogP contribution in [0.2, 0.25) is 0 Å². The minimum Gasteiger partial charge on any atom is -0.386 e. The van der Waals surface area contributed by atoms with Crippen LogP contribution in [0.1, 0.15) is 16.5 Å². The van der Waals surface area contributed by atoms with Crippen molar-refractivity contribution in [2.24, 2.45) is 0 Å². The van der Waals surface area contributed by atoms with Gasteiger partial charge in [-0.15, -0.1) is 11.3 Å². The van der Waals surface area contributed by atoms with E-state index in [-0.39, 0.29) is 5.91 Å². The summed E-state index contributed by atoms with van der Waals surface area (Å²) in [6, 6.07) is 13.8. The Kier molecular flexibility index (Phi) is 6.12. The second kappa shape index (κ2) is 8.08. The molecule has 0 saturated heterocycles. The standard InChI is InChI=1S/C17H22N2O2S/c1-18(2)17(21)13-19(11-14-7-4-3-5-8-14)12-15(20)16-9-6-10-22-16/h3-10,15,20H,11-13H2,1-2H3. The smallest absolute Gasteiger partial charge is 0.236 e. The molecule has 1 aromatic carbocycles. The molecule has 0 aliphatic rings. The van der Waals surface area contributed by atoms with E-state index in [1.807, 2.05) is 52.7 Å². The van der Waals surface area contributed by atoms with Gasteiger partial charge < -0.3 is 10.0 Å². The van der Waals surface area contributed by atoms with Crippen molar-refractivity contribution in [1.82, 2.24) is 9.80 Å². The highest BCUT2D eigenvalue weighted by Gasteiger charge is 2.18. The summed E-state index contributed by atoms with van der Waals surface area (Å²) < 4.78 is 0. The van der Waals surface area contributed by atoms with Gasteiger partial charge >= 0.3 is 0 Å². The molecule has 0 bridgehead atoms. The van der Waals surface area contributed by atoms with Gasteiger partial charge in [0.15, 0.2) is 0 Å². The summed E-state index contributed by atoms with van der Waals surface area (Å²) in [6.07, 6.45) is -0.571. The van der Waals surface area contributed by atoms with Crippen LogP contribution in [0, 0.1) is 0 Å². The topological polar surface area (TPSA) is 43.8 Å². The minimum atomic E-state index is -0.571. The third-order valence-electron chi connectivity index (χ3n) is 3.41. The summed E-state index contributed by atoms with van der Waals surface area (Å²) >= 11 is 1.53. The maximum atomic E-state index is 12.0. The monoisotopic (exact) mass is 318 g/mol. The minimum absolute atomic E-state index is 0.0364. The Morgan fingerprint density at radius 2 is 1.91 bits per heavy atom. The van der Waals surface area contributed by atoms with Crippen molar-refractivity contribution in [2.75, 3.05) is 27.2 Å². The number of rotatable bonds is 7. The van der Waals surface area contributed by atoms with Crippen molar-refractivity contribution in [1.29, 1.82) is 0 Å². The quantitative estimate of drug-likeness (QED) is 0.852. The largest absolute Gasteiger partial charge is 0.386 e. The highest BCUT2D eigenvalue weighted by Crippen LogP contribution is 2.20. The normalized spacial score (nSPS) is 12.4. The van der Waals surface area contributed by atoms with Crippen molar-refractivity contribution in [3.05, 3.63) is 58.3 Å². The zero-order chi connectivity index (χ0) is 15.9. The molecule has 1 heterocycles. The summed E-state index contributed by atoms with van der Waals surface area (Å²) in [7, 11) is 3.50. The first-order valence-corrected chi connectivity index (χ1v) is 8.12. The predicted molar refractivity (Wildman–Crippen MR) is 89.7 cm³/mol. The number of amides is 1. The number of benzene rings is 1. The van der Waals surface area contributed by atoms with Crippen molar-refractivity contribution in [3.8, 4) is 0 Å². The average Bonchev–Trinajstić information content (AvgIpc) is 3.02. The summed E-state index contributed by atoms with van der Waals surface area (Å²) in [6.45, 7) is 1.38. The van der Waals surface area contributed by atoms with E-state index in [1.54, 1.807) is 19.0 Å². The molecule has 0 saturated carbocycles. The van der Waals surface area contributed by atoms with Crippen LogP contribution in [-0.2, 0) is 11.3 Å². The fourth-order valence-electron chi connectivity index (χ4n) is 2.17. The van der Waals surface area contributed by atoms with Gasteiger partial charge in [-0.25, -0.2) is 0 Å². The second-order valence-corrected chi connectivity index (χ2v) is 6.45. The van der Waals surface area contributed by atoms with Crippen LogP contribution in [-0.4, -0.2) is 48.0 Å². The van der Waals surface area contributed by atoms with Gasteiger partial charge in [-0.3, -0.25) is 9.69 Å². The third kappa shape index (κ3) is 4.94. The lowest BCUT2D eigenvalue weighted by atomic mass is 10.2. The fraction of sp³-hybridized carbons (Fsp3) is 0.353. The van der Waals surface area contributed by atoms with E-state index in [9.17, 15) is 9.90 Å². The summed E-state index contributed by atoms with van der Waals surface area (Å²) in [5.74, 6) is 0.0364. The van der Waals surface area contributed by atoms with E-state index in [1.165, 1.54) is 11.3 Å². The van der Waals surface area contributed by atoms with Crippen LogP contribution in [0.15, 0.2) is 47.8 Å². The van der Waals surface area contributed by atoms with E-state index in [0.29, 0.717) is 19.6 Å². The Bertz CT molecular complexity index is 570. The van der Waals surface area contributed by atoms with E-state index < -0.39 is 6.10 Å². The molecule has 1 unspecified atom stereocenters. The van der Waals surface area contributed by atoms with Crippen molar-refractivity contribution in [2.45, 2.75) is 12.6 Å². The Labute approximate surface area is 135 Å². The van der Waals surface area contributed by atoms with E-state index >= 15 is 0 Å². The van der Waals surface area contributed by atoms with Gasteiger partial charge in [-0.1, -0.05) is 36.4 Å². The first-order chi connectivity index (χ1) is 10.6. The molecule has 0 aliphatic carbocycles. The van der Waals surface area contributed by atoms with Gasteiger partial charge in [-0.2, -0.15) is 0 Å². The highest BCUT2D eigenvalue weighted by molar-refractivity contribution is 7.10. The molecule has 5 heteroatoms. The maximum absolute atomic E-state index is 12.0. The molecule has 118 valence electrons. The summed E-state index contributed by atoms with van der Waals surface area (Å²) in [4.78, 5) is 16.5. The number of thiophene rings is 1. The second-order valence-electron chi connectivity index (χ2n) is 5.47. The maximum Gasteiger partial charge on any atom is 0.236 e. The Balaban J connectivity index is 2.05.